The second-order valence-corrected chi connectivity index (χ2v) is 3.18. The standard InChI is InChI=1S/C11H10N2O2/c1-12-11(15)8-4-7-2-3-9(14)5-10(7)13-6-8/h2-6,14H,1H3,(H,12,15). The number of carbonyl (C=O) groups excluding carboxylic acids is 1. The minimum atomic E-state index is -0.169. The summed E-state index contributed by atoms with van der Waals surface area (Å²) in [6.07, 6.45) is 1.49. The lowest BCUT2D eigenvalue weighted by Crippen LogP contribution is -2.17. The number of phenolic OH excluding ortho intramolecular Hbond substituents is 1. The van der Waals surface area contributed by atoms with Crippen molar-refractivity contribution in [2.75, 3.05) is 7.05 Å². The molecule has 0 radical (unpaired) electrons. The lowest BCUT2D eigenvalue weighted by molar-refractivity contribution is 0.0963. The molecular formula is C11H10N2O2. The molecule has 2 N–H and O–H groups in total. The number of nitrogens with zero attached hydrogens (tertiary/aromatic N) is 1. The maximum atomic E-state index is 11.3. The molecule has 0 unspecified atom stereocenters. The molecule has 0 fully saturated rings. The van der Waals surface area contributed by atoms with E-state index in [1.807, 2.05) is 0 Å². The number of aromatic nitrogens is 1. The van der Waals surface area contributed by atoms with E-state index in [4.69, 9.17) is 0 Å². The van der Waals surface area contributed by atoms with E-state index in [1.165, 1.54) is 6.20 Å². The summed E-state index contributed by atoms with van der Waals surface area (Å²) < 4.78 is 0. The van der Waals surface area contributed by atoms with Gasteiger partial charge in [0, 0.05) is 24.7 Å². The molecular weight excluding hydrogens is 192 g/mol. The third-order valence-electron chi connectivity index (χ3n) is 2.16. The van der Waals surface area contributed by atoms with Gasteiger partial charge in [0.05, 0.1) is 11.1 Å². The highest BCUT2D eigenvalue weighted by Gasteiger charge is 2.04. The Bertz CT molecular complexity index is 523. The van der Waals surface area contributed by atoms with Crippen LogP contribution in [0.2, 0.25) is 0 Å². The first-order valence-electron chi connectivity index (χ1n) is 4.51. The molecule has 0 bridgehead atoms. The minimum absolute atomic E-state index is 0.169. The SMILES string of the molecule is CNC(=O)c1cnc2cc(O)ccc2c1. The van der Waals surface area contributed by atoms with Gasteiger partial charge in [-0.3, -0.25) is 9.78 Å². The van der Waals surface area contributed by atoms with Crippen molar-refractivity contribution in [3.05, 3.63) is 36.0 Å². The molecule has 0 saturated heterocycles. The van der Waals surface area contributed by atoms with Gasteiger partial charge in [-0.25, -0.2) is 0 Å². The van der Waals surface area contributed by atoms with Crippen molar-refractivity contribution in [3.63, 3.8) is 0 Å². The molecule has 0 aliphatic carbocycles. The largest absolute Gasteiger partial charge is 0.508 e. The Balaban J connectivity index is 2.57. The van der Waals surface area contributed by atoms with Gasteiger partial charge in [0.15, 0.2) is 0 Å². The number of rotatable bonds is 1. The highest BCUT2D eigenvalue weighted by molar-refractivity contribution is 5.97. The normalized spacial score (nSPS) is 10.2. The summed E-state index contributed by atoms with van der Waals surface area (Å²) in [7, 11) is 1.57. The Morgan fingerprint density at radius 2 is 2.20 bits per heavy atom. The van der Waals surface area contributed by atoms with Crippen LogP contribution in [0.25, 0.3) is 10.9 Å². The molecule has 1 amide bonds. The van der Waals surface area contributed by atoms with E-state index in [0.29, 0.717) is 11.1 Å². The Labute approximate surface area is 86.6 Å². The number of carbonyl (C=O) groups is 1. The van der Waals surface area contributed by atoms with E-state index in [2.05, 4.69) is 10.3 Å². The van der Waals surface area contributed by atoms with Gasteiger partial charge < -0.3 is 10.4 Å². The van der Waals surface area contributed by atoms with Crippen LogP contribution in [0.15, 0.2) is 30.5 Å². The first-order valence-corrected chi connectivity index (χ1v) is 4.51. The number of benzene rings is 1. The molecule has 2 rings (SSSR count). The van der Waals surface area contributed by atoms with Crippen LogP contribution in [0, 0.1) is 0 Å². The number of hydrogen-bond acceptors (Lipinski definition) is 3. The molecule has 4 nitrogen and oxygen atoms in total. The summed E-state index contributed by atoms with van der Waals surface area (Å²) in [4.78, 5) is 15.4. The number of phenols is 1. The lowest BCUT2D eigenvalue weighted by Gasteiger charge is -2.02. The van der Waals surface area contributed by atoms with Crippen LogP contribution in [0.3, 0.4) is 0 Å². The van der Waals surface area contributed by atoms with Crippen LogP contribution >= 0.6 is 0 Å². The first-order chi connectivity index (χ1) is 7.20. The lowest BCUT2D eigenvalue weighted by atomic mass is 10.1. The fourth-order valence-electron chi connectivity index (χ4n) is 1.38. The molecule has 15 heavy (non-hydrogen) atoms. The van der Waals surface area contributed by atoms with Crippen molar-refractivity contribution in [1.82, 2.24) is 10.3 Å². The Kier molecular flexibility index (Phi) is 2.25. The predicted molar refractivity (Wildman–Crippen MR) is 56.8 cm³/mol. The van der Waals surface area contributed by atoms with Gasteiger partial charge in [0.25, 0.3) is 5.91 Å². The summed E-state index contributed by atoms with van der Waals surface area (Å²) in [6, 6.07) is 6.59. The van der Waals surface area contributed by atoms with E-state index in [1.54, 1.807) is 31.3 Å². The Hall–Kier alpha value is -2.10. The molecule has 0 saturated carbocycles. The van der Waals surface area contributed by atoms with E-state index >= 15 is 0 Å². The van der Waals surface area contributed by atoms with Gasteiger partial charge in [0.2, 0.25) is 0 Å². The molecule has 0 aliphatic rings. The van der Waals surface area contributed by atoms with Crippen molar-refractivity contribution < 1.29 is 9.90 Å². The highest BCUT2D eigenvalue weighted by atomic mass is 16.3. The molecule has 1 aromatic heterocycles. The van der Waals surface area contributed by atoms with E-state index < -0.39 is 0 Å². The second kappa shape index (κ2) is 3.57. The van der Waals surface area contributed by atoms with Crippen LogP contribution in [-0.4, -0.2) is 23.0 Å². The van der Waals surface area contributed by atoms with Gasteiger partial charge in [-0.2, -0.15) is 0 Å². The van der Waals surface area contributed by atoms with Gasteiger partial charge in [0.1, 0.15) is 5.75 Å². The highest BCUT2D eigenvalue weighted by Crippen LogP contribution is 2.18. The van der Waals surface area contributed by atoms with E-state index in [9.17, 15) is 9.90 Å². The predicted octanol–water partition coefficient (Wildman–Crippen LogP) is 1.30. The van der Waals surface area contributed by atoms with Gasteiger partial charge >= 0.3 is 0 Å². The molecule has 76 valence electrons. The summed E-state index contributed by atoms with van der Waals surface area (Å²) in [5, 5.41) is 12.6. The molecule has 1 heterocycles. The summed E-state index contributed by atoms with van der Waals surface area (Å²) >= 11 is 0. The summed E-state index contributed by atoms with van der Waals surface area (Å²) in [5.41, 5.74) is 1.18. The molecule has 4 heteroatoms. The van der Waals surface area contributed by atoms with Crippen molar-refractivity contribution >= 4 is 16.8 Å². The first kappa shape index (κ1) is 9.45. The molecule has 1 aromatic carbocycles. The van der Waals surface area contributed by atoms with Crippen LogP contribution in [0.1, 0.15) is 10.4 Å². The van der Waals surface area contributed by atoms with Gasteiger partial charge in [-0.15, -0.1) is 0 Å². The average molecular weight is 202 g/mol. The number of hydrogen-bond donors (Lipinski definition) is 2. The molecule has 0 spiro atoms. The van der Waals surface area contributed by atoms with Crippen molar-refractivity contribution in [1.29, 1.82) is 0 Å². The third-order valence-corrected chi connectivity index (χ3v) is 2.16. The fourth-order valence-corrected chi connectivity index (χ4v) is 1.38. The Morgan fingerprint density at radius 1 is 1.40 bits per heavy atom. The summed E-state index contributed by atoms with van der Waals surface area (Å²) in [5.74, 6) is 0.000156. The van der Waals surface area contributed by atoms with Crippen LogP contribution in [0.4, 0.5) is 0 Å². The van der Waals surface area contributed by atoms with Crippen molar-refractivity contribution in [2.24, 2.45) is 0 Å². The number of amides is 1. The topological polar surface area (TPSA) is 62.2 Å². The summed E-state index contributed by atoms with van der Waals surface area (Å²) in [6.45, 7) is 0. The number of aromatic hydroxyl groups is 1. The molecule has 0 atom stereocenters. The minimum Gasteiger partial charge on any atom is -0.508 e. The van der Waals surface area contributed by atoms with Crippen molar-refractivity contribution in [2.45, 2.75) is 0 Å². The van der Waals surface area contributed by atoms with E-state index in [-0.39, 0.29) is 11.7 Å². The zero-order valence-electron chi connectivity index (χ0n) is 8.19. The average Bonchev–Trinajstić information content (AvgIpc) is 2.27. The van der Waals surface area contributed by atoms with Crippen LogP contribution < -0.4 is 5.32 Å². The second-order valence-electron chi connectivity index (χ2n) is 3.18. The Morgan fingerprint density at radius 3 is 2.93 bits per heavy atom. The van der Waals surface area contributed by atoms with Gasteiger partial charge in [-0.05, 0) is 18.2 Å². The zero-order chi connectivity index (χ0) is 10.8. The zero-order valence-corrected chi connectivity index (χ0v) is 8.19. The molecule has 0 aliphatic heterocycles. The van der Waals surface area contributed by atoms with Gasteiger partial charge in [-0.1, -0.05) is 0 Å². The fraction of sp³-hybridized carbons (Fsp3) is 0.0909. The quantitative estimate of drug-likeness (QED) is 0.732. The van der Waals surface area contributed by atoms with E-state index in [0.717, 1.165) is 5.39 Å². The maximum absolute atomic E-state index is 11.3. The monoisotopic (exact) mass is 202 g/mol. The maximum Gasteiger partial charge on any atom is 0.252 e. The number of pyridine rings is 1. The van der Waals surface area contributed by atoms with Crippen LogP contribution in [0.5, 0.6) is 5.75 Å². The smallest absolute Gasteiger partial charge is 0.252 e. The third kappa shape index (κ3) is 1.74. The number of fused-ring (bicyclic) bond motifs is 1. The van der Waals surface area contributed by atoms with Crippen LogP contribution in [-0.2, 0) is 0 Å². The van der Waals surface area contributed by atoms with Crippen molar-refractivity contribution in [3.8, 4) is 5.75 Å². The molecule has 2 aromatic rings. The number of nitrogens with one attached hydrogen (secondary N) is 1.